The van der Waals surface area contributed by atoms with E-state index < -0.39 is 0 Å². The lowest BCUT2D eigenvalue weighted by Gasteiger charge is -2.61. The molecular formula is C58H45N3. The Labute approximate surface area is 356 Å². The molecule has 3 nitrogen and oxygen atoms in total. The molecule has 4 bridgehead atoms. The smallest absolute Gasteiger partial charge is 0.0541 e. The summed E-state index contributed by atoms with van der Waals surface area (Å²) in [5, 5.41) is 5.12. The van der Waals surface area contributed by atoms with Crippen LogP contribution in [0.5, 0.6) is 0 Å². The van der Waals surface area contributed by atoms with Crippen molar-refractivity contribution < 1.29 is 0 Å². The number of hydrogen-bond acceptors (Lipinski definition) is 1. The van der Waals surface area contributed by atoms with E-state index in [1.807, 2.05) is 0 Å². The van der Waals surface area contributed by atoms with Gasteiger partial charge in [-0.05, 0) is 163 Å². The topological polar surface area (TPSA) is 13.1 Å². The number of benzene rings is 8. The summed E-state index contributed by atoms with van der Waals surface area (Å²) in [4.78, 5) is 2.48. The summed E-state index contributed by atoms with van der Waals surface area (Å²) in [6.07, 6.45) is 7.05. The van der Waals surface area contributed by atoms with Gasteiger partial charge in [0, 0.05) is 55.4 Å². The van der Waals surface area contributed by atoms with Crippen molar-refractivity contribution in [1.29, 1.82) is 0 Å². The fourth-order valence-electron chi connectivity index (χ4n) is 13.6. The average Bonchev–Trinajstić information content (AvgIpc) is 3.93. The SMILES string of the molecule is c1ccc2c(c1)-c1cc(N(c3ccc(-n4c5ccccc5c5ccccc54)cc3)c3ccc(-n4c5ccccc5c5ccccc54)cc3)ccc1C21C2CC3CC(C2)CC1C3. The third kappa shape index (κ3) is 4.64. The standard InChI is InChI=1S/C58H45N3/c1-6-16-52-46(11-1)51-36-45(29-30-53(51)58(52)39-32-37-31-38(34-39)35-40(58)33-37)59(41-21-25-43(26-22-41)60-54-17-7-2-12-47(54)48-13-3-8-18-55(48)60)42-23-27-44(28-24-42)61-56-19-9-4-14-49(56)50-15-5-10-20-57(50)61/h1-30,36-40H,31-35H2. The van der Waals surface area contributed by atoms with Gasteiger partial charge >= 0.3 is 0 Å². The van der Waals surface area contributed by atoms with Crippen molar-refractivity contribution in [2.24, 2.45) is 23.7 Å². The Morgan fingerprint density at radius 1 is 0.361 bits per heavy atom. The van der Waals surface area contributed by atoms with Crippen molar-refractivity contribution in [3.05, 3.63) is 199 Å². The highest BCUT2D eigenvalue weighted by Crippen LogP contribution is 2.69. The van der Waals surface area contributed by atoms with E-state index in [0.29, 0.717) is 0 Å². The third-order valence-electron chi connectivity index (χ3n) is 15.7. The monoisotopic (exact) mass is 783 g/mol. The summed E-state index contributed by atoms with van der Waals surface area (Å²) >= 11 is 0. The van der Waals surface area contributed by atoms with Crippen LogP contribution in [0, 0.1) is 23.7 Å². The number of hydrogen-bond donors (Lipinski definition) is 0. The maximum atomic E-state index is 2.55. The van der Waals surface area contributed by atoms with Crippen LogP contribution in [-0.4, -0.2) is 9.13 Å². The second-order valence-corrected chi connectivity index (χ2v) is 18.6. The summed E-state index contributed by atoms with van der Waals surface area (Å²) in [5.41, 5.74) is 17.0. The van der Waals surface area contributed by atoms with E-state index in [1.54, 1.807) is 11.1 Å². The van der Waals surface area contributed by atoms with E-state index in [9.17, 15) is 0 Å². The van der Waals surface area contributed by atoms with Gasteiger partial charge < -0.3 is 14.0 Å². The molecular weight excluding hydrogens is 739 g/mol. The lowest BCUT2D eigenvalue weighted by molar-refractivity contribution is -0.0399. The van der Waals surface area contributed by atoms with Crippen LogP contribution in [0.1, 0.15) is 43.2 Å². The lowest BCUT2D eigenvalue weighted by atomic mass is 9.43. The van der Waals surface area contributed by atoms with Crippen LogP contribution in [0.2, 0.25) is 0 Å². The fourth-order valence-corrected chi connectivity index (χ4v) is 13.6. The van der Waals surface area contributed by atoms with Gasteiger partial charge in [0.2, 0.25) is 0 Å². The van der Waals surface area contributed by atoms with Crippen LogP contribution in [-0.2, 0) is 5.41 Å². The molecule has 15 rings (SSSR count). The molecule has 10 aromatic rings. The minimum Gasteiger partial charge on any atom is -0.310 e. The van der Waals surface area contributed by atoms with Gasteiger partial charge in [0.1, 0.15) is 0 Å². The Morgan fingerprint density at radius 3 is 1.23 bits per heavy atom. The van der Waals surface area contributed by atoms with Crippen LogP contribution in [0.25, 0.3) is 66.1 Å². The van der Waals surface area contributed by atoms with Gasteiger partial charge in [-0.2, -0.15) is 0 Å². The average molecular weight is 784 g/mol. The lowest BCUT2D eigenvalue weighted by Crippen LogP contribution is -2.55. The number of rotatable bonds is 5. The highest BCUT2D eigenvalue weighted by molar-refractivity contribution is 6.10. The summed E-state index contributed by atoms with van der Waals surface area (Å²) in [6.45, 7) is 0. The minimum atomic E-state index is 0.149. The summed E-state index contributed by atoms with van der Waals surface area (Å²) < 4.78 is 4.83. The normalized spacial score (nSPS) is 22.2. The molecule has 2 aromatic heterocycles. The zero-order valence-corrected chi connectivity index (χ0v) is 34.1. The van der Waals surface area contributed by atoms with E-state index in [-0.39, 0.29) is 5.41 Å². The number of aromatic nitrogens is 2. The maximum Gasteiger partial charge on any atom is 0.0541 e. The first-order chi connectivity index (χ1) is 30.2. The molecule has 0 aliphatic heterocycles. The Balaban J connectivity index is 0.935. The van der Waals surface area contributed by atoms with Gasteiger partial charge in [-0.15, -0.1) is 0 Å². The van der Waals surface area contributed by atoms with Crippen molar-refractivity contribution in [2.45, 2.75) is 37.5 Å². The molecule has 2 heterocycles. The summed E-state index contributed by atoms with van der Waals surface area (Å²) in [5.74, 6) is 3.34. The predicted octanol–water partition coefficient (Wildman–Crippen LogP) is 15.1. The highest BCUT2D eigenvalue weighted by atomic mass is 15.1. The molecule has 61 heavy (non-hydrogen) atoms. The van der Waals surface area contributed by atoms with Gasteiger partial charge in [0.25, 0.3) is 0 Å². The molecule has 1 spiro atoms. The Bertz CT molecular complexity index is 3090. The number of nitrogens with zero attached hydrogens (tertiary/aromatic N) is 3. The van der Waals surface area contributed by atoms with Crippen molar-refractivity contribution in [2.75, 3.05) is 4.90 Å². The maximum absolute atomic E-state index is 2.55. The van der Waals surface area contributed by atoms with Crippen LogP contribution < -0.4 is 4.90 Å². The van der Waals surface area contributed by atoms with Crippen LogP contribution in [0.3, 0.4) is 0 Å². The van der Waals surface area contributed by atoms with E-state index in [0.717, 1.165) is 46.4 Å². The fraction of sp³-hybridized carbons (Fsp3) is 0.172. The largest absolute Gasteiger partial charge is 0.310 e. The summed E-state index contributed by atoms with van der Waals surface area (Å²) in [6, 6.07) is 70.6. The molecule has 5 aliphatic carbocycles. The molecule has 0 N–H and O–H groups in total. The number of anilines is 3. The van der Waals surface area contributed by atoms with E-state index in [2.05, 4.69) is 202 Å². The van der Waals surface area contributed by atoms with Gasteiger partial charge in [-0.25, -0.2) is 0 Å². The molecule has 4 saturated carbocycles. The van der Waals surface area contributed by atoms with Gasteiger partial charge in [-0.3, -0.25) is 0 Å². The van der Waals surface area contributed by atoms with E-state index in [1.165, 1.54) is 92.5 Å². The molecule has 0 unspecified atom stereocenters. The van der Waals surface area contributed by atoms with Gasteiger partial charge in [0.05, 0.1) is 22.1 Å². The quantitative estimate of drug-likeness (QED) is 0.169. The van der Waals surface area contributed by atoms with Crippen molar-refractivity contribution in [3.63, 3.8) is 0 Å². The van der Waals surface area contributed by atoms with Gasteiger partial charge in [0.15, 0.2) is 0 Å². The second kappa shape index (κ2) is 12.6. The molecule has 0 saturated heterocycles. The molecule has 0 amide bonds. The molecule has 3 heteroatoms. The zero-order valence-electron chi connectivity index (χ0n) is 34.1. The van der Waals surface area contributed by atoms with Gasteiger partial charge in [-0.1, -0.05) is 103 Å². The van der Waals surface area contributed by atoms with Crippen molar-refractivity contribution >= 4 is 60.7 Å². The van der Waals surface area contributed by atoms with Crippen molar-refractivity contribution in [3.8, 4) is 22.5 Å². The molecule has 8 aromatic carbocycles. The highest BCUT2D eigenvalue weighted by Gasteiger charge is 2.61. The Kier molecular flexibility index (Phi) is 7.01. The minimum absolute atomic E-state index is 0.149. The van der Waals surface area contributed by atoms with E-state index in [4.69, 9.17) is 0 Å². The number of para-hydroxylation sites is 4. The summed E-state index contributed by atoms with van der Waals surface area (Å²) in [7, 11) is 0. The Morgan fingerprint density at radius 2 is 0.754 bits per heavy atom. The molecule has 0 atom stereocenters. The third-order valence-corrected chi connectivity index (χ3v) is 15.7. The van der Waals surface area contributed by atoms with Crippen LogP contribution in [0.15, 0.2) is 188 Å². The molecule has 292 valence electrons. The molecule has 4 fully saturated rings. The zero-order chi connectivity index (χ0) is 39.8. The van der Waals surface area contributed by atoms with Crippen molar-refractivity contribution in [1.82, 2.24) is 9.13 Å². The van der Waals surface area contributed by atoms with Crippen LogP contribution >= 0.6 is 0 Å². The van der Waals surface area contributed by atoms with E-state index >= 15 is 0 Å². The Hall–Kier alpha value is -6.84. The number of fused-ring (bicyclic) bond motifs is 9. The molecule has 5 aliphatic rings. The first-order valence-corrected chi connectivity index (χ1v) is 22.4. The first kappa shape index (κ1) is 33.9. The van der Waals surface area contributed by atoms with Crippen LogP contribution in [0.4, 0.5) is 17.1 Å². The first-order valence-electron chi connectivity index (χ1n) is 22.4. The molecule has 0 radical (unpaired) electrons. The second-order valence-electron chi connectivity index (χ2n) is 18.6. The predicted molar refractivity (Wildman–Crippen MR) is 253 cm³/mol.